The molecule has 1 heterocycles. The number of hydrogen-bond acceptors (Lipinski definition) is 3. The van der Waals surface area contributed by atoms with Gasteiger partial charge in [0, 0.05) is 17.3 Å². The number of anilines is 1. The summed E-state index contributed by atoms with van der Waals surface area (Å²) in [6.45, 7) is 1.80. The van der Waals surface area contributed by atoms with Crippen LogP contribution in [0.1, 0.15) is 5.69 Å². The molecule has 16 heavy (non-hydrogen) atoms. The molecule has 0 aliphatic carbocycles. The van der Waals surface area contributed by atoms with Crippen LogP contribution in [0.4, 0.5) is 10.2 Å². The highest BCUT2D eigenvalue weighted by Gasteiger charge is 2.06. The van der Waals surface area contributed by atoms with Gasteiger partial charge in [0.1, 0.15) is 11.6 Å². The largest absolute Gasteiger partial charge is 0.384 e. The molecule has 1 aromatic carbocycles. The molecule has 0 spiro atoms. The van der Waals surface area contributed by atoms with E-state index in [0.29, 0.717) is 17.2 Å². The number of hydrogen-bond donors (Lipinski definition) is 1. The molecule has 2 N–H and O–H groups in total. The monoisotopic (exact) mass is 237 g/mol. The smallest absolute Gasteiger partial charge is 0.161 e. The van der Waals surface area contributed by atoms with Crippen LogP contribution in [0.2, 0.25) is 5.02 Å². The Morgan fingerprint density at radius 3 is 2.62 bits per heavy atom. The number of nitrogen functional groups attached to an aromatic ring is 1. The van der Waals surface area contributed by atoms with E-state index in [2.05, 4.69) is 9.97 Å². The quantitative estimate of drug-likeness (QED) is 0.830. The van der Waals surface area contributed by atoms with Crippen LogP contribution in [0.15, 0.2) is 24.3 Å². The number of aryl methyl sites for hydroxylation is 1. The first-order valence-corrected chi connectivity index (χ1v) is 5.00. The molecule has 0 fully saturated rings. The van der Waals surface area contributed by atoms with Gasteiger partial charge in [-0.2, -0.15) is 0 Å². The van der Waals surface area contributed by atoms with Crippen molar-refractivity contribution in [3.05, 3.63) is 40.8 Å². The molecule has 0 atom stereocenters. The van der Waals surface area contributed by atoms with E-state index in [1.165, 1.54) is 12.1 Å². The van der Waals surface area contributed by atoms with Gasteiger partial charge in [-0.15, -0.1) is 0 Å². The minimum absolute atomic E-state index is 0.0735. The van der Waals surface area contributed by atoms with Gasteiger partial charge in [-0.05, 0) is 25.1 Å². The summed E-state index contributed by atoms with van der Waals surface area (Å²) in [5.74, 6) is 0.258. The fourth-order valence-corrected chi connectivity index (χ4v) is 1.47. The SMILES string of the molecule is Cc1cc(N)nc(-c2ccc(Cl)c(F)c2)n1. The average molecular weight is 238 g/mol. The van der Waals surface area contributed by atoms with Crippen molar-refractivity contribution < 1.29 is 4.39 Å². The fraction of sp³-hybridized carbons (Fsp3) is 0.0909. The van der Waals surface area contributed by atoms with E-state index in [4.69, 9.17) is 17.3 Å². The van der Waals surface area contributed by atoms with E-state index in [-0.39, 0.29) is 5.02 Å². The molecular weight excluding hydrogens is 229 g/mol. The highest BCUT2D eigenvalue weighted by molar-refractivity contribution is 6.30. The third kappa shape index (κ3) is 2.12. The number of nitrogens with two attached hydrogens (primary N) is 1. The topological polar surface area (TPSA) is 51.8 Å². The van der Waals surface area contributed by atoms with Crippen LogP contribution in [-0.4, -0.2) is 9.97 Å². The number of nitrogens with zero attached hydrogens (tertiary/aromatic N) is 2. The highest BCUT2D eigenvalue weighted by atomic mass is 35.5. The van der Waals surface area contributed by atoms with Crippen molar-refractivity contribution >= 4 is 17.4 Å². The van der Waals surface area contributed by atoms with E-state index in [0.717, 1.165) is 5.69 Å². The van der Waals surface area contributed by atoms with Gasteiger partial charge in [-0.25, -0.2) is 14.4 Å². The molecule has 0 radical (unpaired) electrons. The van der Waals surface area contributed by atoms with Gasteiger partial charge in [0.05, 0.1) is 5.02 Å². The maximum absolute atomic E-state index is 13.2. The number of aromatic nitrogens is 2. The standard InChI is InChI=1S/C11H9ClFN3/c1-6-4-10(14)16-11(15-6)7-2-3-8(12)9(13)5-7/h2-5H,1H3,(H2,14,15,16). The van der Waals surface area contributed by atoms with E-state index in [1.54, 1.807) is 19.1 Å². The van der Waals surface area contributed by atoms with Crippen molar-refractivity contribution in [2.45, 2.75) is 6.92 Å². The zero-order valence-corrected chi connectivity index (χ0v) is 9.29. The first kappa shape index (κ1) is 10.8. The Kier molecular flexibility index (Phi) is 2.75. The minimum Gasteiger partial charge on any atom is -0.384 e. The van der Waals surface area contributed by atoms with Crippen LogP contribution in [0, 0.1) is 12.7 Å². The van der Waals surface area contributed by atoms with E-state index in [1.807, 2.05) is 0 Å². The summed E-state index contributed by atoms with van der Waals surface area (Å²) in [5.41, 5.74) is 6.88. The Bertz CT molecular complexity index is 522. The maximum Gasteiger partial charge on any atom is 0.161 e. The Labute approximate surface area is 97.1 Å². The van der Waals surface area contributed by atoms with Crippen molar-refractivity contribution in [2.24, 2.45) is 0 Å². The highest BCUT2D eigenvalue weighted by Crippen LogP contribution is 2.22. The third-order valence-electron chi connectivity index (χ3n) is 2.05. The Balaban J connectivity index is 2.54. The predicted octanol–water partition coefficient (Wildman–Crippen LogP) is 2.83. The van der Waals surface area contributed by atoms with Gasteiger partial charge in [-0.1, -0.05) is 11.6 Å². The van der Waals surface area contributed by atoms with Crippen LogP contribution in [0.3, 0.4) is 0 Å². The second-order valence-electron chi connectivity index (χ2n) is 3.39. The third-order valence-corrected chi connectivity index (χ3v) is 2.36. The zero-order valence-electron chi connectivity index (χ0n) is 8.54. The zero-order chi connectivity index (χ0) is 11.7. The lowest BCUT2D eigenvalue weighted by atomic mass is 10.2. The molecule has 5 heteroatoms. The summed E-state index contributed by atoms with van der Waals surface area (Å²) < 4.78 is 13.2. The second-order valence-corrected chi connectivity index (χ2v) is 3.79. The molecule has 0 bridgehead atoms. The van der Waals surface area contributed by atoms with Crippen molar-refractivity contribution in [2.75, 3.05) is 5.73 Å². The molecule has 82 valence electrons. The minimum atomic E-state index is -0.497. The normalized spacial score (nSPS) is 10.4. The summed E-state index contributed by atoms with van der Waals surface area (Å²) >= 11 is 5.59. The molecule has 3 nitrogen and oxygen atoms in total. The van der Waals surface area contributed by atoms with Crippen molar-refractivity contribution in [3.63, 3.8) is 0 Å². The lowest BCUT2D eigenvalue weighted by Crippen LogP contribution is -1.97. The van der Waals surface area contributed by atoms with Crippen LogP contribution in [0.25, 0.3) is 11.4 Å². The molecule has 0 amide bonds. The average Bonchev–Trinajstić information content (AvgIpc) is 2.20. The van der Waals surface area contributed by atoms with Crippen LogP contribution in [-0.2, 0) is 0 Å². The summed E-state index contributed by atoms with van der Waals surface area (Å²) in [4.78, 5) is 8.21. The number of benzene rings is 1. The summed E-state index contributed by atoms with van der Waals surface area (Å²) in [6.07, 6.45) is 0. The number of halogens is 2. The lowest BCUT2D eigenvalue weighted by Gasteiger charge is -2.03. The summed E-state index contributed by atoms with van der Waals surface area (Å²) in [7, 11) is 0. The van der Waals surface area contributed by atoms with E-state index >= 15 is 0 Å². The first-order chi connectivity index (χ1) is 7.56. The molecule has 0 aliphatic heterocycles. The molecule has 1 aromatic heterocycles. The second kappa shape index (κ2) is 4.06. The molecular formula is C11H9ClFN3. The molecule has 0 saturated heterocycles. The van der Waals surface area contributed by atoms with E-state index < -0.39 is 5.82 Å². The van der Waals surface area contributed by atoms with Gasteiger partial charge in [-0.3, -0.25) is 0 Å². The fourth-order valence-electron chi connectivity index (χ4n) is 1.36. The predicted molar refractivity (Wildman–Crippen MR) is 61.6 cm³/mol. The number of rotatable bonds is 1. The Morgan fingerprint density at radius 2 is 2.00 bits per heavy atom. The van der Waals surface area contributed by atoms with Crippen molar-refractivity contribution in [3.8, 4) is 11.4 Å². The van der Waals surface area contributed by atoms with Crippen LogP contribution >= 0.6 is 11.6 Å². The maximum atomic E-state index is 13.2. The van der Waals surface area contributed by atoms with Gasteiger partial charge < -0.3 is 5.73 Å². The molecule has 0 unspecified atom stereocenters. The molecule has 0 aliphatic rings. The molecule has 0 saturated carbocycles. The Morgan fingerprint density at radius 1 is 1.25 bits per heavy atom. The van der Waals surface area contributed by atoms with Gasteiger partial charge in [0.2, 0.25) is 0 Å². The van der Waals surface area contributed by atoms with Gasteiger partial charge >= 0.3 is 0 Å². The van der Waals surface area contributed by atoms with Gasteiger partial charge in [0.15, 0.2) is 5.82 Å². The molecule has 2 rings (SSSR count). The van der Waals surface area contributed by atoms with E-state index in [9.17, 15) is 4.39 Å². The van der Waals surface area contributed by atoms with Crippen molar-refractivity contribution in [1.29, 1.82) is 0 Å². The van der Waals surface area contributed by atoms with Crippen LogP contribution in [0.5, 0.6) is 0 Å². The summed E-state index contributed by atoms with van der Waals surface area (Å²) in [5, 5.41) is 0.0735. The molecule has 2 aromatic rings. The van der Waals surface area contributed by atoms with Gasteiger partial charge in [0.25, 0.3) is 0 Å². The van der Waals surface area contributed by atoms with Crippen molar-refractivity contribution in [1.82, 2.24) is 9.97 Å². The van der Waals surface area contributed by atoms with Crippen LogP contribution < -0.4 is 5.73 Å². The lowest BCUT2D eigenvalue weighted by molar-refractivity contribution is 0.628. The first-order valence-electron chi connectivity index (χ1n) is 4.63. The Hall–Kier alpha value is -1.68. The summed E-state index contributed by atoms with van der Waals surface area (Å²) in [6, 6.07) is 6.06.